The average Bonchev–Trinajstić information content (AvgIpc) is 2.42. The van der Waals surface area contributed by atoms with Gasteiger partial charge in [0.05, 0.1) is 6.54 Å². The molecule has 0 atom stereocenters. The summed E-state index contributed by atoms with van der Waals surface area (Å²) in [5, 5.41) is 6.02. The number of carbonyl (C=O) groups excluding carboxylic acids is 1. The molecule has 1 aliphatic carbocycles. The van der Waals surface area contributed by atoms with Gasteiger partial charge in [0.2, 0.25) is 5.91 Å². The highest BCUT2D eigenvalue weighted by atomic mass is 19.4. The number of hydrogen-bond donors (Lipinski definition) is 2. The number of carbonyl (C=O) groups is 1. The van der Waals surface area contributed by atoms with E-state index in [1.807, 2.05) is 0 Å². The van der Waals surface area contributed by atoms with Crippen LogP contribution in [0.1, 0.15) is 39.5 Å². The predicted molar refractivity (Wildman–Crippen MR) is 84.2 cm³/mol. The van der Waals surface area contributed by atoms with Crippen LogP contribution in [0, 0.1) is 5.41 Å². The SMILES string of the molecule is CN=C(NCC(=O)N(C)CC(F)(F)F)NC1CCC(C)(C)CC1. The van der Waals surface area contributed by atoms with Crippen LogP contribution in [0.15, 0.2) is 4.99 Å². The number of nitrogens with one attached hydrogen (secondary N) is 2. The van der Waals surface area contributed by atoms with Gasteiger partial charge in [0.1, 0.15) is 6.54 Å². The van der Waals surface area contributed by atoms with Gasteiger partial charge < -0.3 is 15.5 Å². The third kappa shape index (κ3) is 7.56. The maximum atomic E-state index is 12.3. The van der Waals surface area contributed by atoms with Crippen molar-refractivity contribution in [2.75, 3.05) is 27.2 Å². The monoisotopic (exact) mass is 336 g/mol. The molecule has 0 aromatic heterocycles. The number of alkyl halides is 3. The number of guanidine groups is 1. The molecule has 2 N–H and O–H groups in total. The van der Waals surface area contributed by atoms with Gasteiger partial charge >= 0.3 is 6.18 Å². The van der Waals surface area contributed by atoms with Crippen LogP contribution < -0.4 is 10.6 Å². The molecule has 1 amide bonds. The second-order valence-corrected chi connectivity index (χ2v) is 6.87. The van der Waals surface area contributed by atoms with Gasteiger partial charge in [-0.3, -0.25) is 9.79 Å². The van der Waals surface area contributed by atoms with E-state index in [0.717, 1.165) is 32.7 Å². The van der Waals surface area contributed by atoms with Crippen LogP contribution in [0.2, 0.25) is 0 Å². The quantitative estimate of drug-likeness (QED) is 0.611. The van der Waals surface area contributed by atoms with E-state index < -0.39 is 18.6 Å². The average molecular weight is 336 g/mol. The van der Waals surface area contributed by atoms with Gasteiger partial charge in [-0.15, -0.1) is 0 Å². The minimum atomic E-state index is -4.39. The maximum absolute atomic E-state index is 12.3. The largest absolute Gasteiger partial charge is 0.406 e. The molecule has 134 valence electrons. The molecule has 23 heavy (non-hydrogen) atoms. The minimum Gasteiger partial charge on any atom is -0.354 e. The molecule has 8 heteroatoms. The molecule has 0 bridgehead atoms. The fourth-order valence-electron chi connectivity index (χ4n) is 2.58. The molecule has 0 unspecified atom stereocenters. The number of halogens is 3. The fraction of sp³-hybridized carbons (Fsp3) is 0.867. The Morgan fingerprint density at radius 1 is 1.30 bits per heavy atom. The second-order valence-electron chi connectivity index (χ2n) is 6.87. The summed E-state index contributed by atoms with van der Waals surface area (Å²) >= 11 is 0. The van der Waals surface area contributed by atoms with E-state index in [4.69, 9.17) is 0 Å². The van der Waals surface area contributed by atoms with Gasteiger partial charge in [0, 0.05) is 20.1 Å². The Morgan fingerprint density at radius 2 is 1.87 bits per heavy atom. The van der Waals surface area contributed by atoms with Crippen LogP contribution in [-0.2, 0) is 4.79 Å². The summed E-state index contributed by atoms with van der Waals surface area (Å²) in [4.78, 5) is 16.4. The molecule has 0 heterocycles. The van der Waals surface area contributed by atoms with Gasteiger partial charge in [0.15, 0.2) is 5.96 Å². The Labute approximate surface area is 135 Å². The molecule has 0 aromatic carbocycles. The van der Waals surface area contributed by atoms with Gasteiger partial charge in [0.25, 0.3) is 0 Å². The summed E-state index contributed by atoms with van der Waals surface area (Å²) < 4.78 is 36.8. The van der Waals surface area contributed by atoms with Gasteiger partial charge in [-0.25, -0.2) is 0 Å². The van der Waals surface area contributed by atoms with Crippen molar-refractivity contribution in [2.45, 2.75) is 51.7 Å². The van der Waals surface area contributed by atoms with E-state index in [9.17, 15) is 18.0 Å². The molecule has 0 aliphatic heterocycles. The first-order valence-corrected chi connectivity index (χ1v) is 7.80. The van der Waals surface area contributed by atoms with Crippen molar-refractivity contribution in [1.82, 2.24) is 15.5 Å². The van der Waals surface area contributed by atoms with Crippen LogP contribution in [0.3, 0.4) is 0 Å². The zero-order valence-corrected chi connectivity index (χ0v) is 14.3. The Hall–Kier alpha value is -1.47. The molecule has 1 rings (SSSR count). The molecule has 0 saturated heterocycles. The molecule has 1 fully saturated rings. The van der Waals surface area contributed by atoms with Crippen LogP contribution in [0.5, 0.6) is 0 Å². The van der Waals surface area contributed by atoms with Crippen molar-refractivity contribution in [2.24, 2.45) is 10.4 Å². The number of nitrogens with zero attached hydrogens (tertiary/aromatic N) is 2. The lowest BCUT2D eigenvalue weighted by molar-refractivity contribution is -0.157. The molecule has 0 radical (unpaired) electrons. The highest BCUT2D eigenvalue weighted by Gasteiger charge is 2.31. The molecule has 1 saturated carbocycles. The van der Waals surface area contributed by atoms with E-state index in [2.05, 4.69) is 29.5 Å². The van der Waals surface area contributed by atoms with Crippen molar-refractivity contribution >= 4 is 11.9 Å². The lowest BCUT2D eigenvalue weighted by atomic mass is 9.75. The van der Waals surface area contributed by atoms with Gasteiger partial charge in [-0.05, 0) is 31.1 Å². The van der Waals surface area contributed by atoms with Crippen molar-refractivity contribution < 1.29 is 18.0 Å². The predicted octanol–water partition coefficient (Wildman–Crippen LogP) is 2.14. The molecular formula is C15H27F3N4O. The van der Waals surface area contributed by atoms with Crippen molar-refractivity contribution in [3.05, 3.63) is 0 Å². The summed E-state index contributed by atoms with van der Waals surface area (Å²) in [6.45, 7) is 3.01. The summed E-state index contributed by atoms with van der Waals surface area (Å²) in [5.74, 6) is -0.182. The summed E-state index contributed by atoms with van der Waals surface area (Å²) in [7, 11) is 2.71. The normalized spacial score (nSPS) is 19.3. The van der Waals surface area contributed by atoms with Crippen LogP contribution in [0.25, 0.3) is 0 Å². The first-order valence-electron chi connectivity index (χ1n) is 7.80. The Morgan fingerprint density at radius 3 is 2.35 bits per heavy atom. The summed E-state index contributed by atoms with van der Waals surface area (Å²) in [6.07, 6.45) is -0.158. The Kier molecular flexibility index (Phi) is 6.70. The van der Waals surface area contributed by atoms with E-state index in [1.54, 1.807) is 7.05 Å². The highest BCUT2D eigenvalue weighted by molar-refractivity contribution is 5.86. The third-order valence-electron chi connectivity index (χ3n) is 4.15. The standard InChI is InChI=1S/C15H27F3N4O/c1-14(2)7-5-11(6-8-14)21-13(19-3)20-9-12(23)22(4)10-15(16,17)18/h11H,5-10H2,1-4H3,(H2,19,20,21). The van der Waals surface area contributed by atoms with E-state index in [-0.39, 0.29) is 12.6 Å². The van der Waals surface area contributed by atoms with Crippen LogP contribution >= 0.6 is 0 Å². The summed E-state index contributed by atoms with van der Waals surface area (Å²) in [6, 6.07) is 0.275. The van der Waals surface area contributed by atoms with E-state index in [0.29, 0.717) is 16.3 Å². The zero-order chi connectivity index (χ0) is 17.7. The van der Waals surface area contributed by atoms with Crippen molar-refractivity contribution in [3.8, 4) is 0 Å². The number of amides is 1. The van der Waals surface area contributed by atoms with Gasteiger partial charge in [-0.1, -0.05) is 13.8 Å². The van der Waals surface area contributed by atoms with Crippen LogP contribution in [-0.4, -0.2) is 56.2 Å². The maximum Gasteiger partial charge on any atom is 0.406 e. The Bertz CT molecular complexity index is 425. The Balaban J connectivity index is 2.38. The minimum absolute atomic E-state index is 0.218. The molecule has 5 nitrogen and oxygen atoms in total. The summed E-state index contributed by atoms with van der Waals surface area (Å²) in [5.41, 5.74) is 0.353. The molecule has 0 spiro atoms. The van der Waals surface area contributed by atoms with Crippen LogP contribution in [0.4, 0.5) is 13.2 Å². The topological polar surface area (TPSA) is 56.7 Å². The second kappa shape index (κ2) is 7.88. The fourth-order valence-corrected chi connectivity index (χ4v) is 2.58. The van der Waals surface area contributed by atoms with Crippen molar-refractivity contribution in [1.29, 1.82) is 0 Å². The van der Waals surface area contributed by atoms with E-state index in [1.165, 1.54) is 0 Å². The number of rotatable bonds is 4. The number of likely N-dealkylation sites (N-methyl/N-ethyl adjacent to an activating group) is 1. The zero-order valence-electron chi connectivity index (χ0n) is 14.3. The molecule has 0 aromatic rings. The number of hydrogen-bond acceptors (Lipinski definition) is 2. The van der Waals surface area contributed by atoms with Crippen molar-refractivity contribution in [3.63, 3.8) is 0 Å². The van der Waals surface area contributed by atoms with Gasteiger partial charge in [-0.2, -0.15) is 13.2 Å². The third-order valence-corrected chi connectivity index (χ3v) is 4.15. The lowest BCUT2D eigenvalue weighted by Crippen LogP contribution is -2.49. The van der Waals surface area contributed by atoms with E-state index >= 15 is 0 Å². The lowest BCUT2D eigenvalue weighted by Gasteiger charge is -2.35. The smallest absolute Gasteiger partial charge is 0.354 e. The first kappa shape index (κ1) is 19.6. The first-order chi connectivity index (χ1) is 10.5. The number of aliphatic imine (C=N–C) groups is 1. The molecular weight excluding hydrogens is 309 g/mol. The highest BCUT2D eigenvalue weighted by Crippen LogP contribution is 2.34. The molecule has 1 aliphatic rings.